The van der Waals surface area contributed by atoms with E-state index in [4.69, 9.17) is 4.74 Å². The fraction of sp³-hybridized carbons (Fsp3) is 0.182. The molecule has 8 heteroatoms. The maximum atomic E-state index is 14.2. The first-order valence-electron chi connectivity index (χ1n) is 9.19. The Bertz CT molecular complexity index is 1200. The van der Waals surface area contributed by atoms with Gasteiger partial charge in [0.15, 0.2) is 5.65 Å². The summed E-state index contributed by atoms with van der Waals surface area (Å²) in [6.07, 6.45) is -2.27. The number of ether oxygens (including phenoxy) is 1. The van der Waals surface area contributed by atoms with Gasteiger partial charge >= 0.3 is 6.18 Å². The van der Waals surface area contributed by atoms with E-state index in [0.717, 1.165) is 11.8 Å². The molecule has 0 spiro atoms. The van der Waals surface area contributed by atoms with Crippen molar-refractivity contribution >= 4 is 5.65 Å². The number of alkyl halides is 3. The molecular formula is C22H17F4N3O. The van der Waals surface area contributed by atoms with Gasteiger partial charge in [0.2, 0.25) is 0 Å². The first-order chi connectivity index (χ1) is 14.4. The van der Waals surface area contributed by atoms with Crippen LogP contribution in [0.25, 0.3) is 16.8 Å². The minimum absolute atomic E-state index is 0.0327. The van der Waals surface area contributed by atoms with Gasteiger partial charge in [0, 0.05) is 16.8 Å². The lowest BCUT2D eigenvalue weighted by molar-refractivity contribution is -0.137. The summed E-state index contributed by atoms with van der Waals surface area (Å²) in [5.74, 6) is 0.0794. The van der Waals surface area contributed by atoms with E-state index in [1.807, 2.05) is 0 Å². The monoisotopic (exact) mass is 415 g/mol. The van der Waals surface area contributed by atoms with Gasteiger partial charge in [-0.1, -0.05) is 24.3 Å². The quantitative estimate of drug-likeness (QED) is 0.413. The van der Waals surface area contributed by atoms with Crippen molar-refractivity contribution < 1.29 is 22.3 Å². The predicted octanol–water partition coefficient (Wildman–Crippen LogP) is 5.35. The number of hydrogen-bond donors (Lipinski definition) is 0. The van der Waals surface area contributed by atoms with Crippen molar-refractivity contribution in [2.24, 2.45) is 0 Å². The average Bonchev–Trinajstić information content (AvgIpc) is 3.22. The number of pyridine rings is 1. The number of aryl methyl sites for hydroxylation is 1. The van der Waals surface area contributed by atoms with E-state index in [1.165, 1.54) is 31.6 Å². The van der Waals surface area contributed by atoms with E-state index in [0.29, 0.717) is 35.4 Å². The van der Waals surface area contributed by atoms with Gasteiger partial charge in [0.25, 0.3) is 0 Å². The maximum absolute atomic E-state index is 14.2. The number of rotatable bonds is 5. The molecule has 0 aliphatic rings. The van der Waals surface area contributed by atoms with Crippen LogP contribution in [0.1, 0.15) is 16.8 Å². The van der Waals surface area contributed by atoms with Crippen LogP contribution < -0.4 is 4.74 Å². The lowest BCUT2D eigenvalue weighted by Gasteiger charge is -2.15. The molecule has 154 valence electrons. The Balaban J connectivity index is 1.73. The van der Waals surface area contributed by atoms with E-state index in [2.05, 4.69) is 10.2 Å². The fourth-order valence-corrected chi connectivity index (χ4v) is 3.57. The molecule has 0 unspecified atom stereocenters. The van der Waals surface area contributed by atoms with Crippen molar-refractivity contribution in [1.82, 2.24) is 14.6 Å². The van der Waals surface area contributed by atoms with Gasteiger partial charge in [-0.05, 0) is 48.7 Å². The second-order valence-electron chi connectivity index (χ2n) is 6.73. The van der Waals surface area contributed by atoms with Gasteiger partial charge < -0.3 is 4.74 Å². The number of fused-ring (bicyclic) bond motifs is 1. The van der Waals surface area contributed by atoms with E-state index in [1.54, 1.807) is 34.7 Å². The van der Waals surface area contributed by atoms with Crippen LogP contribution in [0.2, 0.25) is 0 Å². The van der Waals surface area contributed by atoms with Gasteiger partial charge in [-0.25, -0.2) is 4.39 Å². The summed E-state index contributed by atoms with van der Waals surface area (Å²) in [4.78, 5) is 0. The van der Waals surface area contributed by atoms with Crippen molar-refractivity contribution in [3.8, 4) is 16.9 Å². The van der Waals surface area contributed by atoms with Crippen molar-refractivity contribution in [1.29, 1.82) is 0 Å². The second kappa shape index (κ2) is 7.78. The van der Waals surface area contributed by atoms with Crippen LogP contribution in [0, 0.1) is 5.82 Å². The summed E-state index contributed by atoms with van der Waals surface area (Å²) in [5, 5.41) is 7.91. The summed E-state index contributed by atoms with van der Waals surface area (Å²) in [6, 6.07) is 13.3. The largest absolute Gasteiger partial charge is 0.496 e. The summed E-state index contributed by atoms with van der Waals surface area (Å²) in [6.45, 7) is 0. The molecule has 4 nitrogen and oxygen atoms in total. The van der Waals surface area contributed by atoms with Crippen LogP contribution in [-0.4, -0.2) is 21.7 Å². The molecule has 0 aliphatic carbocycles. The van der Waals surface area contributed by atoms with Crippen LogP contribution in [0.15, 0.2) is 60.9 Å². The normalized spacial score (nSPS) is 11.8. The van der Waals surface area contributed by atoms with Crippen molar-refractivity contribution in [3.63, 3.8) is 0 Å². The number of halogens is 4. The maximum Gasteiger partial charge on any atom is 0.417 e. The number of methoxy groups -OCH3 is 1. The van der Waals surface area contributed by atoms with Gasteiger partial charge in [0.1, 0.15) is 17.9 Å². The first kappa shape index (κ1) is 19.9. The summed E-state index contributed by atoms with van der Waals surface area (Å²) in [5.41, 5.74) is 1.11. The number of nitrogens with zero attached hydrogens (tertiary/aromatic N) is 3. The molecule has 0 bridgehead atoms. The minimum atomic E-state index is -4.49. The van der Waals surface area contributed by atoms with E-state index in [-0.39, 0.29) is 11.4 Å². The standard InChI is InChI=1S/C22H17F4N3O/c1-30-20-8-4-7-19(23)17(20)12-10-14-9-11-16(21-28-27-13-29(14)21)15-5-2-3-6-18(15)22(24,25)26/h2-9,11,13H,10,12H2,1H3. The topological polar surface area (TPSA) is 39.4 Å². The number of hydrogen-bond acceptors (Lipinski definition) is 3. The predicted molar refractivity (Wildman–Crippen MR) is 104 cm³/mol. The van der Waals surface area contributed by atoms with Crippen molar-refractivity contribution in [2.45, 2.75) is 19.0 Å². The third-order valence-corrected chi connectivity index (χ3v) is 4.99. The highest BCUT2D eigenvalue weighted by molar-refractivity contribution is 5.80. The molecule has 0 saturated carbocycles. The smallest absolute Gasteiger partial charge is 0.417 e. The van der Waals surface area contributed by atoms with Crippen molar-refractivity contribution in [2.75, 3.05) is 7.11 Å². The summed E-state index contributed by atoms with van der Waals surface area (Å²) in [7, 11) is 1.48. The van der Waals surface area contributed by atoms with Gasteiger partial charge in [-0.2, -0.15) is 13.2 Å². The van der Waals surface area contributed by atoms with Gasteiger partial charge in [-0.15, -0.1) is 10.2 Å². The zero-order valence-corrected chi connectivity index (χ0v) is 15.9. The molecule has 2 aromatic carbocycles. The Morgan fingerprint density at radius 3 is 2.50 bits per heavy atom. The number of benzene rings is 2. The van der Waals surface area contributed by atoms with E-state index >= 15 is 0 Å². The highest BCUT2D eigenvalue weighted by atomic mass is 19.4. The third-order valence-electron chi connectivity index (χ3n) is 4.99. The molecule has 2 aromatic heterocycles. The van der Waals surface area contributed by atoms with Crippen LogP contribution in [0.3, 0.4) is 0 Å². The highest BCUT2D eigenvalue weighted by Gasteiger charge is 2.34. The fourth-order valence-electron chi connectivity index (χ4n) is 3.57. The van der Waals surface area contributed by atoms with E-state index in [9.17, 15) is 17.6 Å². The lowest BCUT2D eigenvalue weighted by Crippen LogP contribution is -2.08. The molecular weight excluding hydrogens is 398 g/mol. The van der Waals surface area contributed by atoms with Crippen LogP contribution in [0.4, 0.5) is 17.6 Å². The zero-order chi connectivity index (χ0) is 21.3. The Kier molecular flexibility index (Phi) is 5.15. The molecule has 0 radical (unpaired) electrons. The van der Waals surface area contributed by atoms with Crippen molar-refractivity contribution in [3.05, 3.63) is 83.6 Å². The SMILES string of the molecule is COc1cccc(F)c1CCc1ccc(-c2ccccc2C(F)(F)F)c2nncn12. The molecule has 4 aromatic rings. The Labute approximate surface area is 169 Å². The lowest BCUT2D eigenvalue weighted by atomic mass is 9.99. The number of aromatic nitrogens is 3. The minimum Gasteiger partial charge on any atom is -0.496 e. The van der Waals surface area contributed by atoms with Gasteiger partial charge in [0.05, 0.1) is 12.7 Å². The molecule has 30 heavy (non-hydrogen) atoms. The Morgan fingerprint density at radius 1 is 0.933 bits per heavy atom. The van der Waals surface area contributed by atoms with Crippen LogP contribution in [-0.2, 0) is 19.0 Å². The molecule has 0 N–H and O–H groups in total. The average molecular weight is 415 g/mol. The zero-order valence-electron chi connectivity index (χ0n) is 15.9. The Hall–Kier alpha value is -3.42. The first-order valence-corrected chi connectivity index (χ1v) is 9.19. The molecule has 0 saturated heterocycles. The third kappa shape index (κ3) is 3.60. The summed E-state index contributed by atoms with van der Waals surface area (Å²) >= 11 is 0. The molecule has 0 aliphatic heterocycles. The molecule has 4 rings (SSSR count). The second-order valence-corrected chi connectivity index (χ2v) is 6.73. The molecule has 0 amide bonds. The van der Waals surface area contributed by atoms with E-state index < -0.39 is 11.7 Å². The van der Waals surface area contributed by atoms with Crippen LogP contribution >= 0.6 is 0 Å². The highest BCUT2D eigenvalue weighted by Crippen LogP contribution is 2.38. The van der Waals surface area contributed by atoms with Gasteiger partial charge in [-0.3, -0.25) is 4.40 Å². The summed E-state index contributed by atoms with van der Waals surface area (Å²) < 4.78 is 61.5. The Morgan fingerprint density at radius 2 is 1.73 bits per heavy atom. The van der Waals surface area contributed by atoms with Crippen LogP contribution in [0.5, 0.6) is 5.75 Å². The molecule has 0 atom stereocenters. The molecule has 2 heterocycles. The molecule has 0 fully saturated rings.